The quantitative estimate of drug-likeness (QED) is 0.522. The van der Waals surface area contributed by atoms with Crippen molar-refractivity contribution < 1.29 is 18.4 Å². The van der Waals surface area contributed by atoms with Crippen molar-refractivity contribution in [2.24, 2.45) is 0 Å². The number of hydrogen-bond donors (Lipinski definition) is 1. The molecule has 0 aliphatic carbocycles. The summed E-state index contributed by atoms with van der Waals surface area (Å²) in [6.07, 6.45) is 3.04. The van der Waals surface area contributed by atoms with E-state index in [1.807, 2.05) is 29.2 Å². The lowest BCUT2D eigenvalue weighted by Gasteiger charge is -2.30. The molecule has 7 nitrogen and oxygen atoms in total. The summed E-state index contributed by atoms with van der Waals surface area (Å²) in [4.78, 5) is 31.6. The highest BCUT2D eigenvalue weighted by molar-refractivity contribution is 6.03. The minimum absolute atomic E-state index is 0.0508. The number of piperidine rings is 1. The first kappa shape index (κ1) is 19.1. The average molecular weight is 415 g/mol. The molecule has 0 atom stereocenters. The third-order valence-corrected chi connectivity index (χ3v) is 5.55. The fraction of sp³-hybridized carbons (Fsp3) is 0.208. The Morgan fingerprint density at radius 1 is 1.00 bits per heavy atom. The molecule has 1 fully saturated rings. The Balaban J connectivity index is 1.23. The minimum Gasteiger partial charge on any atom is -0.459 e. The van der Waals surface area contributed by atoms with Crippen LogP contribution in [0, 0.1) is 0 Å². The summed E-state index contributed by atoms with van der Waals surface area (Å²) in [5.74, 6) is 0.767. The Morgan fingerprint density at radius 3 is 2.61 bits per heavy atom. The van der Waals surface area contributed by atoms with Crippen LogP contribution in [0.5, 0.6) is 0 Å². The van der Waals surface area contributed by atoms with E-state index >= 15 is 0 Å². The summed E-state index contributed by atoms with van der Waals surface area (Å²) in [5.41, 5.74) is 2.75. The first-order chi connectivity index (χ1) is 15.2. The van der Waals surface area contributed by atoms with Crippen molar-refractivity contribution in [3.63, 3.8) is 0 Å². The van der Waals surface area contributed by atoms with Gasteiger partial charge in [-0.1, -0.05) is 18.2 Å². The van der Waals surface area contributed by atoms with Gasteiger partial charge in [0.15, 0.2) is 17.2 Å². The molecule has 0 saturated carbocycles. The van der Waals surface area contributed by atoms with Gasteiger partial charge in [-0.05, 0) is 55.3 Å². The van der Waals surface area contributed by atoms with Crippen molar-refractivity contribution >= 4 is 28.6 Å². The maximum atomic E-state index is 13.0. The molecule has 31 heavy (non-hydrogen) atoms. The third kappa shape index (κ3) is 3.94. The second-order valence-electron chi connectivity index (χ2n) is 7.60. The summed E-state index contributed by atoms with van der Waals surface area (Å²) in [7, 11) is 0. The third-order valence-electron chi connectivity index (χ3n) is 5.55. The van der Waals surface area contributed by atoms with E-state index in [-0.39, 0.29) is 23.5 Å². The molecule has 1 saturated heterocycles. The lowest BCUT2D eigenvalue weighted by Crippen LogP contribution is -2.38. The fourth-order valence-electron chi connectivity index (χ4n) is 3.91. The SMILES string of the molecule is O=C(Nc1cccc(C(=O)N2CCC(c3nc4ccccc4o3)CC2)c1)c1ccco1. The van der Waals surface area contributed by atoms with Gasteiger partial charge < -0.3 is 19.1 Å². The van der Waals surface area contributed by atoms with Gasteiger partial charge in [0, 0.05) is 30.3 Å². The summed E-state index contributed by atoms with van der Waals surface area (Å²) in [6.45, 7) is 1.26. The zero-order valence-electron chi connectivity index (χ0n) is 16.8. The van der Waals surface area contributed by atoms with Gasteiger partial charge in [-0.3, -0.25) is 9.59 Å². The van der Waals surface area contributed by atoms with E-state index in [9.17, 15) is 9.59 Å². The number of likely N-dealkylation sites (tertiary alicyclic amines) is 1. The van der Waals surface area contributed by atoms with E-state index < -0.39 is 0 Å². The fourth-order valence-corrected chi connectivity index (χ4v) is 3.91. The number of benzene rings is 2. The van der Waals surface area contributed by atoms with E-state index in [1.165, 1.54) is 6.26 Å². The number of amides is 2. The molecule has 3 heterocycles. The molecule has 156 valence electrons. The Hall–Kier alpha value is -3.87. The van der Waals surface area contributed by atoms with Crippen molar-refractivity contribution in [1.29, 1.82) is 0 Å². The number of aromatic nitrogens is 1. The lowest BCUT2D eigenvalue weighted by atomic mass is 9.96. The summed E-state index contributed by atoms with van der Waals surface area (Å²) < 4.78 is 11.0. The Kier molecular flexibility index (Phi) is 5.00. The van der Waals surface area contributed by atoms with Gasteiger partial charge in [0.25, 0.3) is 11.8 Å². The number of nitrogens with one attached hydrogen (secondary N) is 1. The first-order valence-electron chi connectivity index (χ1n) is 10.3. The molecule has 0 unspecified atom stereocenters. The highest BCUT2D eigenvalue weighted by atomic mass is 16.3. The predicted molar refractivity (Wildman–Crippen MR) is 115 cm³/mol. The van der Waals surface area contributed by atoms with E-state index in [4.69, 9.17) is 8.83 Å². The van der Waals surface area contributed by atoms with Gasteiger partial charge in [0.1, 0.15) is 5.52 Å². The standard InChI is InChI=1S/C24H21N3O4/c28-22(21-9-4-14-30-21)25-18-6-3-5-17(15-18)24(29)27-12-10-16(11-13-27)23-26-19-7-1-2-8-20(19)31-23/h1-9,14-16H,10-13H2,(H,25,28). The second kappa shape index (κ2) is 8.10. The van der Waals surface area contributed by atoms with Crippen LogP contribution in [0.15, 0.2) is 75.8 Å². The van der Waals surface area contributed by atoms with Crippen molar-refractivity contribution in [3.8, 4) is 0 Å². The lowest BCUT2D eigenvalue weighted by molar-refractivity contribution is 0.0706. The van der Waals surface area contributed by atoms with Crippen LogP contribution in [0.4, 0.5) is 5.69 Å². The van der Waals surface area contributed by atoms with Gasteiger partial charge in [-0.25, -0.2) is 4.98 Å². The van der Waals surface area contributed by atoms with Gasteiger partial charge in [0.05, 0.1) is 6.26 Å². The molecule has 2 aromatic carbocycles. The first-order valence-corrected chi connectivity index (χ1v) is 10.3. The van der Waals surface area contributed by atoms with Crippen LogP contribution in [0.2, 0.25) is 0 Å². The van der Waals surface area contributed by atoms with E-state index in [1.54, 1.807) is 36.4 Å². The monoisotopic (exact) mass is 415 g/mol. The Morgan fingerprint density at radius 2 is 1.84 bits per heavy atom. The number of furan rings is 1. The number of oxazole rings is 1. The number of hydrogen-bond acceptors (Lipinski definition) is 5. The van der Waals surface area contributed by atoms with Crippen molar-refractivity contribution in [2.45, 2.75) is 18.8 Å². The number of carbonyl (C=O) groups excluding carboxylic acids is 2. The Bertz CT molecular complexity index is 1190. The Labute approximate surface area is 178 Å². The minimum atomic E-state index is -0.353. The molecule has 5 rings (SSSR count). The number of carbonyl (C=O) groups is 2. The number of nitrogens with zero attached hydrogens (tertiary/aromatic N) is 2. The van der Waals surface area contributed by atoms with Crippen molar-refractivity contribution in [3.05, 3.63) is 84.1 Å². The smallest absolute Gasteiger partial charge is 0.291 e. The van der Waals surface area contributed by atoms with Crippen molar-refractivity contribution in [1.82, 2.24) is 9.88 Å². The molecular formula is C24H21N3O4. The van der Waals surface area contributed by atoms with E-state index in [0.29, 0.717) is 24.3 Å². The highest BCUT2D eigenvalue weighted by Crippen LogP contribution is 2.30. The predicted octanol–water partition coefficient (Wildman–Crippen LogP) is 4.69. The highest BCUT2D eigenvalue weighted by Gasteiger charge is 2.27. The van der Waals surface area contributed by atoms with Crippen LogP contribution in [0.1, 0.15) is 45.6 Å². The number of para-hydroxylation sites is 2. The maximum Gasteiger partial charge on any atom is 0.291 e. The topological polar surface area (TPSA) is 88.6 Å². The van der Waals surface area contributed by atoms with Gasteiger partial charge in [-0.15, -0.1) is 0 Å². The number of rotatable bonds is 4. The summed E-state index contributed by atoms with van der Waals surface area (Å²) >= 11 is 0. The van der Waals surface area contributed by atoms with Gasteiger partial charge >= 0.3 is 0 Å². The zero-order chi connectivity index (χ0) is 21.2. The summed E-state index contributed by atoms with van der Waals surface area (Å²) in [6, 6.07) is 17.9. The van der Waals surface area contributed by atoms with Crippen LogP contribution >= 0.6 is 0 Å². The zero-order valence-corrected chi connectivity index (χ0v) is 16.8. The average Bonchev–Trinajstić information content (AvgIpc) is 3.49. The summed E-state index contributed by atoms with van der Waals surface area (Å²) in [5, 5.41) is 2.76. The van der Waals surface area contributed by atoms with Gasteiger partial charge in [-0.2, -0.15) is 0 Å². The van der Waals surface area contributed by atoms with E-state index in [0.717, 1.165) is 29.8 Å². The molecule has 7 heteroatoms. The van der Waals surface area contributed by atoms with E-state index in [2.05, 4.69) is 10.3 Å². The van der Waals surface area contributed by atoms with Crippen LogP contribution in [0.3, 0.4) is 0 Å². The second-order valence-corrected chi connectivity index (χ2v) is 7.60. The van der Waals surface area contributed by atoms with Crippen LogP contribution in [0.25, 0.3) is 11.1 Å². The maximum absolute atomic E-state index is 13.0. The molecule has 2 amide bonds. The molecule has 0 bridgehead atoms. The number of fused-ring (bicyclic) bond motifs is 1. The normalized spacial score (nSPS) is 14.6. The van der Waals surface area contributed by atoms with Crippen LogP contribution in [-0.2, 0) is 0 Å². The molecule has 1 aliphatic heterocycles. The molecule has 1 N–H and O–H groups in total. The molecule has 0 radical (unpaired) electrons. The molecule has 0 spiro atoms. The number of anilines is 1. The van der Waals surface area contributed by atoms with Crippen molar-refractivity contribution in [2.75, 3.05) is 18.4 Å². The van der Waals surface area contributed by atoms with Crippen LogP contribution < -0.4 is 5.32 Å². The molecule has 4 aromatic rings. The molecular weight excluding hydrogens is 394 g/mol. The molecule has 1 aliphatic rings. The molecule has 2 aromatic heterocycles. The largest absolute Gasteiger partial charge is 0.459 e. The van der Waals surface area contributed by atoms with Crippen LogP contribution in [-0.4, -0.2) is 34.8 Å². The van der Waals surface area contributed by atoms with Gasteiger partial charge in [0.2, 0.25) is 0 Å².